The molecule has 134 valence electrons. The van der Waals surface area contributed by atoms with Gasteiger partial charge in [0.15, 0.2) is 0 Å². The third-order valence-corrected chi connectivity index (χ3v) is 3.74. The fraction of sp³-hybridized carbons (Fsp3) is 0.389. The average Bonchev–Trinajstić information content (AvgIpc) is 3.06. The first-order valence-electron chi connectivity index (χ1n) is 8.10. The van der Waals surface area contributed by atoms with Crippen molar-refractivity contribution in [2.75, 3.05) is 26.8 Å². The zero-order chi connectivity index (χ0) is 18.1. The maximum absolute atomic E-state index is 12.6. The first kappa shape index (κ1) is 18.7. The van der Waals surface area contributed by atoms with E-state index in [1.54, 1.807) is 31.2 Å². The minimum absolute atomic E-state index is 0.134. The monoisotopic (exact) mass is 345 g/mol. The second-order valence-electron chi connectivity index (χ2n) is 5.52. The lowest BCUT2D eigenvalue weighted by atomic mass is 10.2. The van der Waals surface area contributed by atoms with Crippen LogP contribution in [0.3, 0.4) is 0 Å². The summed E-state index contributed by atoms with van der Waals surface area (Å²) in [6, 6.07) is 7.17. The highest BCUT2D eigenvalue weighted by Crippen LogP contribution is 2.12. The van der Waals surface area contributed by atoms with E-state index in [1.807, 2.05) is 18.2 Å². The maximum atomic E-state index is 12.6. The number of carbonyl (C=O) groups excluding carboxylic acids is 2. The lowest BCUT2D eigenvalue weighted by Crippen LogP contribution is -2.37. The molecule has 0 aliphatic carbocycles. The fourth-order valence-corrected chi connectivity index (χ4v) is 2.31. The standard InChI is InChI=1S/C18H23N3O4/c1-14-16(7-11-25-14)18(23)21(10-12-24-2)9-6-17(22)20-13-15-5-3-4-8-19-15/h3-5,7-8,11H,6,9-10,12-13H2,1-2H3,(H,20,22). The molecular weight excluding hydrogens is 322 g/mol. The van der Waals surface area contributed by atoms with Crippen LogP contribution in [0, 0.1) is 6.92 Å². The minimum atomic E-state index is -0.166. The van der Waals surface area contributed by atoms with Crippen LogP contribution in [-0.2, 0) is 16.1 Å². The van der Waals surface area contributed by atoms with E-state index in [4.69, 9.17) is 9.15 Å². The topological polar surface area (TPSA) is 84.7 Å². The molecule has 0 atom stereocenters. The van der Waals surface area contributed by atoms with Gasteiger partial charge in [-0.25, -0.2) is 0 Å². The van der Waals surface area contributed by atoms with Crippen LogP contribution in [0.5, 0.6) is 0 Å². The molecule has 2 rings (SSSR count). The molecule has 0 radical (unpaired) electrons. The van der Waals surface area contributed by atoms with Crippen LogP contribution in [0.1, 0.15) is 28.2 Å². The fourth-order valence-electron chi connectivity index (χ4n) is 2.31. The van der Waals surface area contributed by atoms with Crippen LogP contribution in [0.15, 0.2) is 41.1 Å². The molecule has 7 nitrogen and oxygen atoms in total. The van der Waals surface area contributed by atoms with Crippen LogP contribution in [0.2, 0.25) is 0 Å². The van der Waals surface area contributed by atoms with Gasteiger partial charge in [-0.05, 0) is 25.1 Å². The Hall–Kier alpha value is -2.67. The van der Waals surface area contributed by atoms with Gasteiger partial charge >= 0.3 is 0 Å². The van der Waals surface area contributed by atoms with Crippen LogP contribution < -0.4 is 5.32 Å². The van der Waals surface area contributed by atoms with Gasteiger partial charge in [0.25, 0.3) is 5.91 Å². The van der Waals surface area contributed by atoms with Crippen molar-refractivity contribution in [2.24, 2.45) is 0 Å². The zero-order valence-electron chi connectivity index (χ0n) is 14.5. The number of aryl methyl sites for hydroxylation is 1. The lowest BCUT2D eigenvalue weighted by molar-refractivity contribution is -0.121. The molecule has 1 N–H and O–H groups in total. The van der Waals surface area contributed by atoms with Gasteiger partial charge in [-0.1, -0.05) is 6.07 Å². The molecule has 25 heavy (non-hydrogen) atoms. The van der Waals surface area contributed by atoms with Gasteiger partial charge in [0.1, 0.15) is 5.76 Å². The largest absolute Gasteiger partial charge is 0.469 e. The Labute approximate surface area is 147 Å². The molecule has 0 fully saturated rings. The SMILES string of the molecule is COCCN(CCC(=O)NCc1ccccn1)C(=O)c1ccoc1C. The van der Waals surface area contributed by atoms with Crippen molar-refractivity contribution >= 4 is 11.8 Å². The first-order chi connectivity index (χ1) is 12.1. The summed E-state index contributed by atoms with van der Waals surface area (Å²) in [5, 5.41) is 2.81. The second-order valence-corrected chi connectivity index (χ2v) is 5.52. The van der Waals surface area contributed by atoms with Crippen molar-refractivity contribution in [2.45, 2.75) is 19.9 Å². The van der Waals surface area contributed by atoms with Crippen LogP contribution in [0.25, 0.3) is 0 Å². The van der Waals surface area contributed by atoms with Gasteiger partial charge in [-0.2, -0.15) is 0 Å². The second kappa shape index (κ2) is 9.58. The summed E-state index contributed by atoms with van der Waals surface area (Å²) in [6.07, 6.45) is 3.37. The quantitative estimate of drug-likeness (QED) is 0.749. The summed E-state index contributed by atoms with van der Waals surface area (Å²) in [5.41, 5.74) is 1.29. The van der Waals surface area contributed by atoms with Gasteiger partial charge < -0.3 is 19.4 Å². The molecule has 0 aliphatic rings. The Morgan fingerprint density at radius 1 is 1.28 bits per heavy atom. The van der Waals surface area contributed by atoms with E-state index in [1.165, 1.54) is 6.26 Å². The molecule has 0 unspecified atom stereocenters. The molecule has 2 aromatic heterocycles. The van der Waals surface area contributed by atoms with E-state index < -0.39 is 0 Å². The molecule has 2 amide bonds. The van der Waals surface area contributed by atoms with E-state index in [2.05, 4.69) is 10.3 Å². The van der Waals surface area contributed by atoms with Crippen LogP contribution in [0.4, 0.5) is 0 Å². The number of nitrogens with one attached hydrogen (secondary N) is 1. The molecule has 7 heteroatoms. The van der Waals surface area contributed by atoms with Gasteiger partial charge in [0, 0.05) is 32.8 Å². The van der Waals surface area contributed by atoms with Crippen LogP contribution >= 0.6 is 0 Å². The summed E-state index contributed by atoms with van der Waals surface area (Å²) in [5.74, 6) is 0.262. The normalized spacial score (nSPS) is 10.5. The van der Waals surface area contributed by atoms with E-state index in [0.717, 1.165) is 5.69 Å². The number of ether oxygens (including phenoxy) is 1. The molecular formula is C18H23N3O4. The number of nitrogens with zero attached hydrogens (tertiary/aromatic N) is 2. The Bertz CT molecular complexity index is 685. The summed E-state index contributed by atoms with van der Waals surface area (Å²) in [7, 11) is 1.57. The van der Waals surface area contributed by atoms with Crippen molar-refractivity contribution in [3.05, 3.63) is 53.7 Å². The molecule has 0 aromatic carbocycles. The number of rotatable bonds is 9. The third kappa shape index (κ3) is 5.72. The number of pyridine rings is 1. The van der Waals surface area contributed by atoms with E-state index in [-0.39, 0.29) is 18.2 Å². The Balaban J connectivity index is 1.87. The molecule has 2 aromatic rings. The number of aromatic nitrogens is 1. The molecule has 0 saturated carbocycles. The number of hydrogen-bond donors (Lipinski definition) is 1. The Morgan fingerprint density at radius 2 is 2.12 bits per heavy atom. The highest BCUT2D eigenvalue weighted by molar-refractivity contribution is 5.95. The Morgan fingerprint density at radius 3 is 2.76 bits per heavy atom. The average molecular weight is 345 g/mol. The van der Waals surface area contributed by atoms with Gasteiger partial charge in [-0.3, -0.25) is 14.6 Å². The van der Waals surface area contributed by atoms with Crippen molar-refractivity contribution in [3.63, 3.8) is 0 Å². The van der Waals surface area contributed by atoms with E-state index in [9.17, 15) is 9.59 Å². The third-order valence-electron chi connectivity index (χ3n) is 3.74. The highest BCUT2D eigenvalue weighted by atomic mass is 16.5. The van der Waals surface area contributed by atoms with Crippen molar-refractivity contribution in [1.82, 2.24) is 15.2 Å². The van der Waals surface area contributed by atoms with Crippen molar-refractivity contribution in [1.29, 1.82) is 0 Å². The molecule has 0 spiro atoms. The summed E-state index contributed by atoms with van der Waals surface area (Å²) < 4.78 is 10.2. The van der Waals surface area contributed by atoms with Crippen molar-refractivity contribution < 1.29 is 18.7 Å². The molecule has 0 bridgehead atoms. The maximum Gasteiger partial charge on any atom is 0.257 e. The van der Waals surface area contributed by atoms with Gasteiger partial charge in [-0.15, -0.1) is 0 Å². The lowest BCUT2D eigenvalue weighted by Gasteiger charge is -2.22. The van der Waals surface area contributed by atoms with Crippen molar-refractivity contribution in [3.8, 4) is 0 Å². The number of amides is 2. The minimum Gasteiger partial charge on any atom is -0.469 e. The summed E-state index contributed by atoms with van der Waals surface area (Å²) in [4.78, 5) is 30.4. The number of furan rings is 1. The van der Waals surface area contributed by atoms with E-state index >= 15 is 0 Å². The first-order valence-corrected chi connectivity index (χ1v) is 8.10. The smallest absolute Gasteiger partial charge is 0.257 e. The van der Waals surface area contributed by atoms with Gasteiger partial charge in [0.2, 0.25) is 5.91 Å². The van der Waals surface area contributed by atoms with Gasteiger partial charge in [0.05, 0.1) is 30.7 Å². The Kier molecular flexibility index (Phi) is 7.16. The predicted molar refractivity (Wildman–Crippen MR) is 91.9 cm³/mol. The molecule has 2 heterocycles. The molecule has 0 aliphatic heterocycles. The van der Waals surface area contributed by atoms with Crippen LogP contribution in [-0.4, -0.2) is 48.5 Å². The number of carbonyl (C=O) groups is 2. The number of methoxy groups -OCH3 is 1. The molecule has 0 saturated heterocycles. The predicted octanol–water partition coefficient (Wildman–Crippen LogP) is 1.78. The zero-order valence-corrected chi connectivity index (χ0v) is 14.5. The van der Waals surface area contributed by atoms with E-state index in [0.29, 0.717) is 37.6 Å². The summed E-state index contributed by atoms with van der Waals surface area (Å²) in [6.45, 7) is 3.22. The number of hydrogen-bond acceptors (Lipinski definition) is 5. The summed E-state index contributed by atoms with van der Waals surface area (Å²) >= 11 is 0. The highest BCUT2D eigenvalue weighted by Gasteiger charge is 2.20.